The Bertz CT molecular complexity index is 715. The summed E-state index contributed by atoms with van der Waals surface area (Å²) in [6.07, 6.45) is 0.767. The number of nitrogens with one attached hydrogen (secondary N) is 1. The Labute approximate surface area is 145 Å². The lowest BCUT2D eigenvalue weighted by molar-refractivity contribution is -0.133. The van der Waals surface area contributed by atoms with Gasteiger partial charge in [-0.1, -0.05) is 29.8 Å². The molecule has 0 saturated heterocycles. The number of halogens is 1. The van der Waals surface area contributed by atoms with Crippen molar-refractivity contribution in [2.45, 2.75) is 13.0 Å². The van der Waals surface area contributed by atoms with E-state index in [1.807, 2.05) is 30.3 Å². The second kappa shape index (κ2) is 7.83. The van der Waals surface area contributed by atoms with Gasteiger partial charge < -0.3 is 15.0 Å². The number of likely N-dealkylation sites (N-methyl/N-ethyl adjacent to an activating group) is 1. The van der Waals surface area contributed by atoms with Gasteiger partial charge >= 0.3 is 0 Å². The number of amides is 2. The minimum absolute atomic E-state index is 0.0915. The van der Waals surface area contributed by atoms with Crippen LogP contribution >= 0.6 is 11.6 Å². The normalized spacial score (nSPS) is 11.7. The lowest BCUT2D eigenvalue weighted by atomic mass is 10.3. The number of hydrogen-bond donors (Lipinski definition) is 1. The van der Waals surface area contributed by atoms with Gasteiger partial charge in [-0.15, -0.1) is 5.10 Å². The van der Waals surface area contributed by atoms with Crippen molar-refractivity contribution >= 4 is 23.4 Å². The first kappa shape index (κ1) is 17.8. The molecule has 0 aliphatic carbocycles. The van der Waals surface area contributed by atoms with E-state index in [0.717, 1.165) is 5.69 Å². The van der Waals surface area contributed by atoms with Crippen LogP contribution in [-0.4, -0.2) is 53.2 Å². The van der Waals surface area contributed by atoms with E-state index in [4.69, 9.17) is 16.3 Å². The maximum Gasteiger partial charge on any atom is 0.261 e. The van der Waals surface area contributed by atoms with E-state index in [-0.39, 0.29) is 18.3 Å². The average molecular weight is 351 g/mol. The highest BCUT2D eigenvalue weighted by Gasteiger charge is 2.19. The molecule has 1 atom stereocenters. The van der Waals surface area contributed by atoms with Crippen molar-refractivity contribution in [2.24, 2.45) is 0 Å². The topological polar surface area (TPSA) is 76.5 Å². The highest BCUT2D eigenvalue weighted by Crippen LogP contribution is 2.24. The monoisotopic (exact) mass is 350 g/mol. The molecule has 1 heterocycles. The van der Waals surface area contributed by atoms with Crippen molar-refractivity contribution in [3.05, 3.63) is 41.6 Å². The number of hydrogen-bond acceptors (Lipinski definition) is 4. The first-order valence-corrected chi connectivity index (χ1v) is 7.71. The molecule has 2 aromatic rings. The second-order valence-corrected chi connectivity index (χ2v) is 5.74. The second-order valence-electron chi connectivity index (χ2n) is 5.33. The van der Waals surface area contributed by atoms with Gasteiger partial charge in [0.2, 0.25) is 5.91 Å². The molecule has 0 bridgehead atoms. The molecule has 1 aromatic carbocycles. The molecule has 8 heteroatoms. The van der Waals surface area contributed by atoms with Crippen LogP contribution in [-0.2, 0) is 9.59 Å². The Hall–Kier alpha value is -2.54. The molecule has 0 saturated carbocycles. The fourth-order valence-corrected chi connectivity index (χ4v) is 1.99. The maximum atomic E-state index is 12.0. The third-order valence-corrected chi connectivity index (χ3v) is 3.49. The van der Waals surface area contributed by atoms with Crippen molar-refractivity contribution in [1.29, 1.82) is 0 Å². The third kappa shape index (κ3) is 4.48. The van der Waals surface area contributed by atoms with Gasteiger partial charge in [0, 0.05) is 14.1 Å². The predicted molar refractivity (Wildman–Crippen MR) is 90.4 cm³/mol. The van der Waals surface area contributed by atoms with Crippen LogP contribution < -0.4 is 10.1 Å². The van der Waals surface area contributed by atoms with Crippen molar-refractivity contribution in [1.82, 2.24) is 20.0 Å². The molecule has 128 valence electrons. The highest BCUT2D eigenvalue weighted by molar-refractivity contribution is 6.31. The first-order valence-electron chi connectivity index (χ1n) is 7.33. The molecule has 2 rings (SSSR count). The smallest absolute Gasteiger partial charge is 0.261 e. The molecular weight excluding hydrogens is 332 g/mol. The van der Waals surface area contributed by atoms with E-state index in [2.05, 4.69) is 10.4 Å². The number of nitrogens with zero attached hydrogens (tertiary/aromatic N) is 3. The molecule has 0 spiro atoms. The van der Waals surface area contributed by atoms with Crippen LogP contribution in [0.25, 0.3) is 5.69 Å². The number of benzene rings is 1. The van der Waals surface area contributed by atoms with Gasteiger partial charge in [0.25, 0.3) is 11.8 Å². The minimum Gasteiger partial charge on any atom is -0.462 e. The summed E-state index contributed by atoms with van der Waals surface area (Å²) in [6, 6.07) is 9.40. The molecule has 24 heavy (non-hydrogen) atoms. The van der Waals surface area contributed by atoms with Crippen LogP contribution in [0.5, 0.6) is 5.88 Å². The summed E-state index contributed by atoms with van der Waals surface area (Å²) < 4.78 is 7.07. The Morgan fingerprint density at radius 2 is 2.00 bits per heavy atom. The Kier molecular flexibility index (Phi) is 5.81. The highest BCUT2D eigenvalue weighted by atomic mass is 35.5. The van der Waals surface area contributed by atoms with Crippen LogP contribution in [0.15, 0.2) is 36.5 Å². The maximum absolute atomic E-state index is 12.0. The summed E-state index contributed by atoms with van der Waals surface area (Å²) in [5.41, 5.74) is 0.822. The molecule has 0 radical (unpaired) electrons. The number of carbonyl (C=O) groups is 2. The van der Waals surface area contributed by atoms with E-state index >= 15 is 0 Å². The quantitative estimate of drug-likeness (QED) is 0.856. The van der Waals surface area contributed by atoms with Crippen LogP contribution in [0, 0.1) is 0 Å². The van der Waals surface area contributed by atoms with E-state index in [1.165, 1.54) is 4.90 Å². The number of rotatable bonds is 6. The molecule has 2 amide bonds. The van der Waals surface area contributed by atoms with Gasteiger partial charge in [-0.2, -0.15) is 0 Å². The van der Waals surface area contributed by atoms with Crippen LogP contribution in [0.4, 0.5) is 0 Å². The molecule has 1 unspecified atom stereocenters. The molecular formula is C16H19ClN4O3. The fraction of sp³-hybridized carbons (Fsp3) is 0.312. The zero-order valence-electron chi connectivity index (χ0n) is 13.7. The Morgan fingerprint density at radius 3 is 2.62 bits per heavy atom. The molecule has 0 aliphatic rings. The Morgan fingerprint density at radius 1 is 1.33 bits per heavy atom. The fourth-order valence-electron chi connectivity index (χ4n) is 1.82. The summed E-state index contributed by atoms with van der Waals surface area (Å²) in [7, 11) is 3.23. The molecule has 1 aromatic heterocycles. The van der Waals surface area contributed by atoms with Crippen molar-refractivity contribution < 1.29 is 14.3 Å². The van der Waals surface area contributed by atoms with Crippen LogP contribution in [0.2, 0.25) is 5.02 Å². The van der Waals surface area contributed by atoms with Gasteiger partial charge in [0.1, 0.15) is 5.02 Å². The lowest BCUT2D eigenvalue weighted by Crippen LogP contribution is -2.42. The zero-order chi connectivity index (χ0) is 17.7. The third-order valence-electron chi connectivity index (χ3n) is 3.23. The molecule has 1 N–H and O–H groups in total. The summed E-state index contributed by atoms with van der Waals surface area (Å²) in [5, 5.41) is 7.04. The lowest BCUT2D eigenvalue weighted by Gasteiger charge is -2.14. The van der Waals surface area contributed by atoms with E-state index in [9.17, 15) is 9.59 Å². The number of carbonyl (C=O) groups excluding carboxylic acids is 2. The van der Waals surface area contributed by atoms with Crippen LogP contribution in [0.3, 0.4) is 0 Å². The summed E-state index contributed by atoms with van der Waals surface area (Å²) in [5.74, 6) is -0.473. The van der Waals surface area contributed by atoms with E-state index in [1.54, 1.807) is 31.9 Å². The van der Waals surface area contributed by atoms with E-state index < -0.39 is 12.0 Å². The zero-order valence-corrected chi connectivity index (χ0v) is 14.4. The first-order chi connectivity index (χ1) is 11.4. The van der Waals surface area contributed by atoms with Crippen molar-refractivity contribution in [3.8, 4) is 11.6 Å². The van der Waals surface area contributed by atoms with Gasteiger partial charge in [0.15, 0.2) is 6.10 Å². The van der Waals surface area contributed by atoms with Gasteiger partial charge in [0.05, 0.1) is 18.4 Å². The molecule has 7 nitrogen and oxygen atoms in total. The predicted octanol–water partition coefficient (Wildman–Crippen LogP) is 1.50. The SMILES string of the molecule is CC(Oc1nn(-c2ccccc2)cc1Cl)C(=O)NCC(=O)N(C)C. The molecule has 0 aliphatic heterocycles. The summed E-state index contributed by atoms with van der Waals surface area (Å²) in [4.78, 5) is 24.8. The Balaban J connectivity index is 1.99. The molecule has 0 fully saturated rings. The number of aromatic nitrogens is 2. The van der Waals surface area contributed by atoms with Gasteiger partial charge in [-0.25, -0.2) is 4.68 Å². The van der Waals surface area contributed by atoms with Crippen molar-refractivity contribution in [2.75, 3.05) is 20.6 Å². The van der Waals surface area contributed by atoms with Crippen molar-refractivity contribution in [3.63, 3.8) is 0 Å². The standard InChI is InChI=1S/C16H19ClN4O3/c1-11(15(23)18-9-14(22)20(2)3)24-16-13(17)10-21(19-16)12-7-5-4-6-8-12/h4-8,10-11H,9H2,1-3H3,(H,18,23). The largest absolute Gasteiger partial charge is 0.462 e. The number of para-hydroxylation sites is 1. The summed E-state index contributed by atoms with van der Waals surface area (Å²) in [6.45, 7) is 1.47. The summed E-state index contributed by atoms with van der Waals surface area (Å²) >= 11 is 6.11. The van der Waals surface area contributed by atoms with Crippen LogP contribution in [0.1, 0.15) is 6.92 Å². The minimum atomic E-state index is -0.836. The van der Waals surface area contributed by atoms with Gasteiger partial charge in [-0.05, 0) is 19.1 Å². The number of ether oxygens (including phenoxy) is 1. The van der Waals surface area contributed by atoms with Gasteiger partial charge in [-0.3, -0.25) is 9.59 Å². The van der Waals surface area contributed by atoms with E-state index in [0.29, 0.717) is 5.02 Å². The average Bonchev–Trinajstić information content (AvgIpc) is 2.93.